The molecule has 1 heterocycles. The molecule has 1 aromatic heterocycles. The number of nitrogens with one attached hydrogen (secondary N) is 1. The van der Waals surface area contributed by atoms with Crippen LogP contribution in [0.3, 0.4) is 0 Å². The number of anilines is 1. The lowest BCUT2D eigenvalue weighted by Crippen LogP contribution is -2.30. The number of carbonyl (C=O) groups is 2. The maximum absolute atomic E-state index is 12.6. The molecule has 0 spiro atoms. The zero-order chi connectivity index (χ0) is 17.7. The van der Waals surface area contributed by atoms with E-state index in [4.69, 9.17) is 4.74 Å². The molecule has 5 nitrogen and oxygen atoms in total. The molecule has 1 amide bonds. The van der Waals surface area contributed by atoms with Crippen molar-refractivity contribution in [1.82, 2.24) is 4.98 Å². The molecular weight excluding hydrogens is 325 g/mol. The second kappa shape index (κ2) is 7.12. The number of hydrogen-bond acceptors (Lipinski definition) is 4. The van der Waals surface area contributed by atoms with E-state index in [1.54, 1.807) is 12.1 Å². The summed E-state index contributed by atoms with van der Waals surface area (Å²) in [6, 6.07) is 8.77. The maximum Gasteiger partial charge on any atom is 0.416 e. The Hall–Kier alpha value is -2.90. The van der Waals surface area contributed by atoms with Crippen LogP contribution in [0.15, 0.2) is 48.7 Å². The number of nitrogens with zero attached hydrogens (tertiary/aromatic N) is 1. The molecule has 0 aliphatic rings. The van der Waals surface area contributed by atoms with Gasteiger partial charge in [0.05, 0.1) is 5.56 Å². The average molecular weight is 338 g/mol. The molecule has 1 aromatic carbocycles. The van der Waals surface area contributed by atoms with Gasteiger partial charge in [-0.2, -0.15) is 13.2 Å². The van der Waals surface area contributed by atoms with Gasteiger partial charge < -0.3 is 10.1 Å². The number of amides is 1. The van der Waals surface area contributed by atoms with E-state index in [1.807, 2.05) is 0 Å². The summed E-state index contributed by atoms with van der Waals surface area (Å²) in [5, 5.41) is 2.27. The van der Waals surface area contributed by atoms with Gasteiger partial charge in [0.15, 0.2) is 6.10 Å². The van der Waals surface area contributed by atoms with Gasteiger partial charge in [-0.15, -0.1) is 0 Å². The van der Waals surface area contributed by atoms with E-state index in [0.29, 0.717) is 0 Å². The quantitative estimate of drug-likeness (QED) is 0.869. The van der Waals surface area contributed by atoms with E-state index < -0.39 is 29.7 Å². The van der Waals surface area contributed by atoms with Crippen molar-refractivity contribution in [3.63, 3.8) is 0 Å². The van der Waals surface area contributed by atoms with E-state index in [0.717, 1.165) is 12.1 Å². The van der Waals surface area contributed by atoms with Crippen molar-refractivity contribution in [2.75, 3.05) is 5.32 Å². The molecule has 0 bridgehead atoms. The number of aromatic nitrogens is 1. The van der Waals surface area contributed by atoms with Crippen molar-refractivity contribution in [2.45, 2.75) is 19.2 Å². The predicted molar refractivity (Wildman–Crippen MR) is 79.2 cm³/mol. The monoisotopic (exact) mass is 338 g/mol. The highest BCUT2D eigenvalue weighted by Gasteiger charge is 2.30. The molecule has 0 radical (unpaired) electrons. The molecule has 1 atom stereocenters. The Morgan fingerprint density at radius 3 is 2.54 bits per heavy atom. The number of carbonyl (C=O) groups excluding carboxylic acids is 2. The summed E-state index contributed by atoms with van der Waals surface area (Å²) in [5.74, 6) is -1.55. The number of halogens is 3. The highest BCUT2D eigenvalue weighted by molar-refractivity contribution is 5.96. The molecule has 126 valence electrons. The Morgan fingerprint density at radius 2 is 1.92 bits per heavy atom. The molecule has 8 heteroatoms. The second-order valence-corrected chi connectivity index (χ2v) is 4.83. The fourth-order valence-corrected chi connectivity index (χ4v) is 1.78. The van der Waals surface area contributed by atoms with Gasteiger partial charge in [0.2, 0.25) is 0 Å². The SMILES string of the molecule is CC(OC(=O)c1ccccn1)C(=O)Nc1cccc(C(F)(F)F)c1. The first-order chi connectivity index (χ1) is 11.3. The van der Waals surface area contributed by atoms with Crippen molar-refractivity contribution < 1.29 is 27.5 Å². The number of rotatable bonds is 4. The minimum absolute atomic E-state index is 0.0243. The zero-order valence-electron chi connectivity index (χ0n) is 12.5. The summed E-state index contributed by atoms with van der Waals surface area (Å²) in [6.45, 7) is 1.31. The third-order valence-corrected chi connectivity index (χ3v) is 2.98. The fraction of sp³-hybridized carbons (Fsp3) is 0.188. The minimum atomic E-state index is -4.52. The fourth-order valence-electron chi connectivity index (χ4n) is 1.78. The highest BCUT2D eigenvalue weighted by atomic mass is 19.4. The molecule has 0 fully saturated rings. The van der Waals surface area contributed by atoms with Crippen LogP contribution in [-0.2, 0) is 15.7 Å². The predicted octanol–water partition coefficient (Wildman–Crippen LogP) is 3.28. The summed E-state index contributed by atoms with van der Waals surface area (Å²) in [7, 11) is 0. The van der Waals surface area contributed by atoms with Crippen LogP contribution in [0.5, 0.6) is 0 Å². The largest absolute Gasteiger partial charge is 0.448 e. The van der Waals surface area contributed by atoms with Gasteiger partial charge in [0, 0.05) is 11.9 Å². The number of ether oxygens (including phenoxy) is 1. The summed E-state index contributed by atoms with van der Waals surface area (Å²) < 4.78 is 42.8. The van der Waals surface area contributed by atoms with Gasteiger partial charge in [0.1, 0.15) is 5.69 Å². The Morgan fingerprint density at radius 1 is 1.17 bits per heavy atom. The number of pyridine rings is 1. The van der Waals surface area contributed by atoms with Crippen LogP contribution >= 0.6 is 0 Å². The van der Waals surface area contributed by atoms with Crippen LogP contribution in [0.1, 0.15) is 23.0 Å². The molecule has 2 rings (SSSR count). The third-order valence-electron chi connectivity index (χ3n) is 2.98. The van der Waals surface area contributed by atoms with Gasteiger partial charge in [-0.1, -0.05) is 12.1 Å². The third kappa shape index (κ3) is 4.55. The van der Waals surface area contributed by atoms with E-state index in [-0.39, 0.29) is 11.4 Å². The summed E-state index contributed by atoms with van der Waals surface area (Å²) in [4.78, 5) is 27.5. The van der Waals surface area contributed by atoms with Crippen LogP contribution in [0.4, 0.5) is 18.9 Å². The molecule has 0 saturated carbocycles. The number of benzene rings is 1. The minimum Gasteiger partial charge on any atom is -0.448 e. The first kappa shape index (κ1) is 17.5. The highest BCUT2D eigenvalue weighted by Crippen LogP contribution is 2.30. The van der Waals surface area contributed by atoms with Crippen LogP contribution in [-0.4, -0.2) is 23.0 Å². The Bertz CT molecular complexity index is 733. The topological polar surface area (TPSA) is 68.3 Å². The van der Waals surface area contributed by atoms with Crippen LogP contribution in [0.2, 0.25) is 0 Å². The molecule has 1 unspecified atom stereocenters. The molecule has 0 aliphatic carbocycles. The van der Waals surface area contributed by atoms with Gasteiger partial charge in [-0.05, 0) is 37.3 Å². The Balaban J connectivity index is 2.00. The van der Waals surface area contributed by atoms with Gasteiger partial charge >= 0.3 is 12.1 Å². The summed E-state index contributed by atoms with van der Waals surface area (Å²) in [5.41, 5.74) is -0.912. The summed E-state index contributed by atoms with van der Waals surface area (Å²) >= 11 is 0. The van der Waals surface area contributed by atoms with Gasteiger partial charge in [0.25, 0.3) is 5.91 Å². The normalized spacial score (nSPS) is 12.3. The number of hydrogen-bond donors (Lipinski definition) is 1. The molecule has 1 N–H and O–H groups in total. The maximum atomic E-state index is 12.6. The smallest absolute Gasteiger partial charge is 0.416 e. The van der Waals surface area contributed by atoms with Crippen LogP contribution < -0.4 is 5.32 Å². The molecular formula is C16H13F3N2O3. The van der Waals surface area contributed by atoms with Crippen LogP contribution in [0, 0.1) is 0 Å². The van der Waals surface area contributed by atoms with E-state index in [9.17, 15) is 22.8 Å². The Kier molecular flexibility index (Phi) is 5.18. The zero-order valence-corrected chi connectivity index (χ0v) is 12.5. The van der Waals surface area contributed by atoms with E-state index >= 15 is 0 Å². The first-order valence-electron chi connectivity index (χ1n) is 6.87. The Labute approximate surface area is 135 Å². The average Bonchev–Trinajstić information content (AvgIpc) is 2.55. The summed E-state index contributed by atoms with van der Waals surface area (Å²) in [6.07, 6.45) is -4.32. The lowest BCUT2D eigenvalue weighted by molar-refractivity contribution is -0.137. The molecule has 0 aliphatic heterocycles. The number of esters is 1. The van der Waals surface area contributed by atoms with Crippen molar-refractivity contribution in [3.05, 3.63) is 59.9 Å². The first-order valence-corrected chi connectivity index (χ1v) is 6.87. The number of alkyl halides is 3. The lowest BCUT2D eigenvalue weighted by atomic mass is 10.2. The molecule has 0 saturated heterocycles. The molecule has 2 aromatic rings. The van der Waals surface area contributed by atoms with Crippen molar-refractivity contribution >= 4 is 17.6 Å². The molecule has 24 heavy (non-hydrogen) atoms. The lowest BCUT2D eigenvalue weighted by Gasteiger charge is -2.14. The van der Waals surface area contributed by atoms with Crippen molar-refractivity contribution in [3.8, 4) is 0 Å². The van der Waals surface area contributed by atoms with E-state index in [1.165, 1.54) is 31.3 Å². The van der Waals surface area contributed by atoms with Gasteiger partial charge in [-0.25, -0.2) is 9.78 Å². The van der Waals surface area contributed by atoms with Crippen LogP contribution in [0.25, 0.3) is 0 Å². The van der Waals surface area contributed by atoms with Crippen molar-refractivity contribution in [1.29, 1.82) is 0 Å². The second-order valence-electron chi connectivity index (χ2n) is 4.83. The van der Waals surface area contributed by atoms with Crippen molar-refractivity contribution in [2.24, 2.45) is 0 Å². The van der Waals surface area contributed by atoms with Gasteiger partial charge in [-0.3, -0.25) is 4.79 Å². The standard InChI is InChI=1S/C16H13F3N2O3/c1-10(24-15(23)13-7-2-3-8-20-13)14(22)21-12-6-4-5-11(9-12)16(17,18)19/h2-10H,1H3,(H,21,22). The van der Waals surface area contributed by atoms with E-state index in [2.05, 4.69) is 10.3 Å².